The van der Waals surface area contributed by atoms with E-state index in [2.05, 4.69) is 41.2 Å². The van der Waals surface area contributed by atoms with Gasteiger partial charge in [0.15, 0.2) is 10.9 Å². The monoisotopic (exact) mass is 355 g/mol. The Morgan fingerprint density at radius 1 is 1.40 bits per heavy atom. The molecule has 4 nitrogen and oxygen atoms in total. The highest BCUT2D eigenvalue weighted by Crippen LogP contribution is 2.50. The van der Waals surface area contributed by atoms with Gasteiger partial charge in [0, 0.05) is 19.2 Å². The molecule has 0 radical (unpaired) electrons. The molecule has 3 atom stereocenters. The number of piperidine rings is 1. The van der Waals surface area contributed by atoms with Crippen LogP contribution in [0.5, 0.6) is 0 Å². The highest BCUT2D eigenvalue weighted by Gasteiger charge is 2.53. The van der Waals surface area contributed by atoms with Gasteiger partial charge in [0.05, 0.1) is 16.3 Å². The Morgan fingerprint density at radius 2 is 2.20 bits per heavy atom. The summed E-state index contributed by atoms with van der Waals surface area (Å²) in [5.74, 6) is 1.52. The van der Waals surface area contributed by atoms with Crippen LogP contribution in [0.25, 0.3) is 10.2 Å². The number of carbonyl (C=O) groups excluding carboxylic acids is 1. The van der Waals surface area contributed by atoms with Crippen molar-refractivity contribution in [3.05, 3.63) is 23.3 Å². The molecule has 1 N–H and O–H groups in total. The van der Waals surface area contributed by atoms with Gasteiger partial charge in [0.1, 0.15) is 0 Å². The van der Waals surface area contributed by atoms with Gasteiger partial charge in [0.2, 0.25) is 0 Å². The predicted molar refractivity (Wildman–Crippen MR) is 103 cm³/mol. The summed E-state index contributed by atoms with van der Waals surface area (Å²) in [6, 6.07) is 4.37. The fourth-order valence-corrected chi connectivity index (χ4v) is 5.77. The van der Waals surface area contributed by atoms with E-state index in [1.807, 2.05) is 7.05 Å². The second-order valence-corrected chi connectivity index (χ2v) is 9.37. The molecule has 25 heavy (non-hydrogen) atoms. The molecule has 5 heteroatoms. The zero-order chi connectivity index (χ0) is 17.3. The Balaban J connectivity index is 1.65. The van der Waals surface area contributed by atoms with E-state index >= 15 is 0 Å². The standard InChI is InChI=1S/C20H25N3OS/c1-11-17-18(24)13-8-16-15(22-19(21-3)25-16)9-14(13)20(11,2)6-7-23(17)10-12-4-5-12/h8-9,11-12,17H,4-7,10H2,1-3H3,(H,21,22)/t11-,17-,20+/m0/s1. The number of nitrogens with zero attached hydrogens (tertiary/aromatic N) is 2. The van der Waals surface area contributed by atoms with Crippen LogP contribution in [0, 0.1) is 11.8 Å². The van der Waals surface area contributed by atoms with Crippen molar-refractivity contribution in [3.63, 3.8) is 0 Å². The molecule has 132 valence electrons. The Kier molecular flexibility index (Phi) is 3.32. The molecular weight excluding hydrogens is 330 g/mol. The van der Waals surface area contributed by atoms with Crippen molar-refractivity contribution < 1.29 is 4.79 Å². The van der Waals surface area contributed by atoms with Crippen molar-refractivity contribution >= 4 is 32.5 Å². The van der Waals surface area contributed by atoms with E-state index in [9.17, 15) is 4.79 Å². The molecule has 5 rings (SSSR count). The Bertz CT molecular complexity index is 871. The third kappa shape index (κ3) is 2.21. The maximum absolute atomic E-state index is 13.4. The molecule has 0 spiro atoms. The van der Waals surface area contributed by atoms with Gasteiger partial charge in [-0.3, -0.25) is 9.69 Å². The van der Waals surface area contributed by atoms with Gasteiger partial charge in [-0.15, -0.1) is 0 Å². The first kappa shape index (κ1) is 15.8. The number of fused-ring (bicyclic) bond motifs is 5. The minimum atomic E-state index is 0.0565. The molecule has 2 heterocycles. The fraction of sp³-hybridized carbons (Fsp3) is 0.600. The normalized spacial score (nSPS) is 32.0. The molecule has 0 amide bonds. The quantitative estimate of drug-likeness (QED) is 0.907. The van der Waals surface area contributed by atoms with E-state index in [0.29, 0.717) is 11.7 Å². The summed E-state index contributed by atoms with van der Waals surface area (Å²) in [5.41, 5.74) is 3.27. The van der Waals surface area contributed by atoms with Crippen LogP contribution in [0.15, 0.2) is 12.1 Å². The maximum Gasteiger partial charge on any atom is 0.183 e. The predicted octanol–water partition coefficient (Wildman–Crippen LogP) is 3.91. The largest absolute Gasteiger partial charge is 0.365 e. The van der Waals surface area contributed by atoms with Gasteiger partial charge in [-0.25, -0.2) is 4.98 Å². The summed E-state index contributed by atoms with van der Waals surface area (Å²) in [6.07, 6.45) is 3.81. The summed E-state index contributed by atoms with van der Waals surface area (Å²) in [6.45, 7) is 6.80. The van der Waals surface area contributed by atoms with Crippen LogP contribution in [0.4, 0.5) is 5.13 Å². The molecular formula is C20H25N3OS. The summed E-state index contributed by atoms with van der Waals surface area (Å²) in [7, 11) is 1.90. The van der Waals surface area contributed by atoms with Crippen LogP contribution in [0.2, 0.25) is 0 Å². The van der Waals surface area contributed by atoms with Crippen molar-refractivity contribution in [1.82, 2.24) is 9.88 Å². The summed E-state index contributed by atoms with van der Waals surface area (Å²) >= 11 is 1.63. The Morgan fingerprint density at radius 3 is 2.92 bits per heavy atom. The van der Waals surface area contributed by atoms with Crippen LogP contribution in [-0.2, 0) is 5.41 Å². The van der Waals surface area contributed by atoms with Crippen LogP contribution in [0.3, 0.4) is 0 Å². The molecule has 2 aliphatic carbocycles. The topological polar surface area (TPSA) is 45.2 Å². The lowest BCUT2D eigenvalue weighted by molar-refractivity contribution is 0.0267. The van der Waals surface area contributed by atoms with E-state index in [0.717, 1.165) is 46.3 Å². The van der Waals surface area contributed by atoms with Gasteiger partial charge < -0.3 is 5.32 Å². The van der Waals surface area contributed by atoms with Crippen molar-refractivity contribution in [2.45, 2.75) is 44.6 Å². The van der Waals surface area contributed by atoms with Crippen LogP contribution in [0.1, 0.15) is 49.0 Å². The number of aromatic nitrogens is 1. The van der Waals surface area contributed by atoms with E-state index in [-0.39, 0.29) is 11.5 Å². The average molecular weight is 356 g/mol. The fourth-order valence-electron chi connectivity index (χ4n) is 4.93. The lowest BCUT2D eigenvalue weighted by Gasteiger charge is -2.53. The van der Waals surface area contributed by atoms with E-state index < -0.39 is 0 Å². The minimum absolute atomic E-state index is 0.0565. The summed E-state index contributed by atoms with van der Waals surface area (Å²) < 4.78 is 1.11. The summed E-state index contributed by atoms with van der Waals surface area (Å²) in [4.78, 5) is 20.6. The van der Waals surface area contributed by atoms with Crippen LogP contribution >= 0.6 is 11.3 Å². The molecule has 1 saturated heterocycles. The van der Waals surface area contributed by atoms with Gasteiger partial charge in [-0.1, -0.05) is 25.2 Å². The number of hydrogen-bond acceptors (Lipinski definition) is 5. The number of ketones is 1. The maximum atomic E-state index is 13.4. The van der Waals surface area contributed by atoms with Gasteiger partial charge in [0.25, 0.3) is 0 Å². The van der Waals surface area contributed by atoms with Gasteiger partial charge in [-0.2, -0.15) is 0 Å². The van der Waals surface area contributed by atoms with E-state index in [1.165, 1.54) is 18.4 Å². The second kappa shape index (κ2) is 5.27. The molecule has 1 aromatic heterocycles. The van der Waals surface area contributed by atoms with Crippen LogP contribution < -0.4 is 5.32 Å². The Hall–Kier alpha value is -1.46. The highest BCUT2D eigenvalue weighted by atomic mass is 32.1. The van der Waals surface area contributed by atoms with E-state index in [1.54, 1.807) is 11.3 Å². The number of Topliss-reactive ketones (excluding diaryl/α,β-unsaturated/α-hetero) is 1. The first-order valence-electron chi connectivity index (χ1n) is 9.42. The number of nitrogens with one attached hydrogen (secondary N) is 1. The molecule has 1 saturated carbocycles. The van der Waals surface area contributed by atoms with E-state index in [4.69, 9.17) is 0 Å². The minimum Gasteiger partial charge on any atom is -0.365 e. The number of benzene rings is 1. The Labute approximate surface area is 152 Å². The lowest BCUT2D eigenvalue weighted by Crippen LogP contribution is -2.61. The first-order chi connectivity index (χ1) is 12.0. The first-order valence-corrected chi connectivity index (χ1v) is 10.2. The number of rotatable bonds is 3. The van der Waals surface area contributed by atoms with Gasteiger partial charge in [-0.05, 0) is 60.8 Å². The van der Waals surface area contributed by atoms with Crippen molar-refractivity contribution in [1.29, 1.82) is 0 Å². The lowest BCUT2D eigenvalue weighted by atomic mass is 9.58. The third-order valence-corrected chi connectivity index (χ3v) is 7.91. The van der Waals surface area contributed by atoms with Crippen LogP contribution in [-0.4, -0.2) is 41.8 Å². The number of anilines is 1. The number of carbonyl (C=O) groups is 1. The molecule has 2 bridgehead atoms. The zero-order valence-corrected chi connectivity index (χ0v) is 15.9. The molecule has 0 unspecified atom stereocenters. The third-order valence-electron chi connectivity index (χ3n) is 6.87. The zero-order valence-electron chi connectivity index (χ0n) is 15.1. The SMILES string of the molecule is CNc1nc2cc3c(cc2s1)C(=O)[C@@H]1[C@H](C)[C@@]3(C)CCN1CC1CC1. The van der Waals surface area contributed by atoms with Crippen molar-refractivity contribution in [2.75, 3.05) is 25.5 Å². The number of thiazole rings is 1. The number of hydrogen-bond donors (Lipinski definition) is 1. The molecule has 2 fully saturated rings. The van der Waals surface area contributed by atoms with Gasteiger partial charge >= 0.3 is 0 Å². The molecule has 1 aliphatic heterocycles. The second-order valence-electron chi connectivity index (χ2n) is 8.34. The summed E-state index contributed by atoms with van der Waals surface area (Å²) in [5, 5.41) is 4.05. The molecule has 1 aromatic carbocycles. The van der Waals surface area contributed by atoms with Crippen molar-refractivity contribution in [3.8, 4) is 0 Å². The highest BCUT2D eigenvalue weighted by molar-refractivity contribution is 7.22. The molecule has 2 aromatic rings. The average Bonchev–Trinajstić information content (AvgIpc) is 3.32. The molecule has 3 aliphatic rings. The smallest absolute Gasteiger partial charge is 0.183 e. The van der Waals surface area contributed by atoms with Crippen molar-refractivity contribution in [2.24, 2.45) is 11.8 Å². The number of likely N-dealkylation sites (tertiary alicyclic amines) is 1.